The third-order valence-electron chi connectivity index (χ3n) is 2.27. The molecule has 0 aliphatic carbocycles. The van der Waals surface area contributed by atoms with Crippen molar-refractivity contribution in [3.63, 3.8) is 0 Å². The van der Waals surface area contributed by atoms with Crippen molar-refractivity contribution in [3.8, 4) is 11.3 Å². The van der Waals surface area contributed by atoms with Crippen LogP contribution in [0.5, 0.6) is 0 Å². The van der Waals surface area contributed by atoms with Gasteiger partial charge in [-0.2, -0.15) is 0 Å². The first-order valence-corrected chi connectivity index (χ1v) is 4.62. The maximum Gasteiger partial charge on any atom is 0.185 e. The minimum Gasteiger partial charge on any atom is -0.453 e. The van der Waals surface area contributed by atoms with Crippen LogP contribution in [-0.2, 0) is 0 Å². The van der Waals surface area contributed by atoms with E-state index in [0.29, 0.717) is 23.5 Å². The van der Waals surface area contributed by atoms with E-state index in [1.54, 1.807) is 12.1 Å². The molecule has 0 spiro atoms. The predicted molar refractivity (Wildman–Crippen MR) is 58.7 cm³/mol. The van der Waals surface area contributed by atoms with Gasteiger partial charge >= 0.3 is 0 Å². The van der Waals surface area contributed by atoms with Crippen molar-refractivity contribution >= 4 is 12.0 Å². The van der Waals surface area contributed by atoms with Crippen LogP contribution in [0.25, 0.3) is 11.3 Å². The fourth-order valence-electron chi connectivity index (χ4n) is 1.47. The zero-order valence-corrected chi connectivity index (χ0v) is 8.36. The predicted octanol–water partition coefficient (Wildman–Crippen LogP) is 2.65. The highest BCUT2D eigenvalue weighted by Gasteiger charge is 2.07. The molecule has 0 aliphatic heterocycles. The molecule has 1 heterocycles. The fraction of sp³-hybridized carbons (Fsp3) is 0.0833. The van der Waals surface area contributed by atoms with E-state index < -0.39 is 0 Å². The molecule has 2 aromatic rings. The summed E-state index contributed by atoms with van der Waals surface area (Å²) < 4.78 is 5.33. The van der Waals surface area contributed by atoms with Crippen molar-refractivity contribution in [2.24, 2.45) is 0 Å². The van der Waals surface area contributed by atoms with Gasteiger partial charge in [-0.1, -0.05) is 6.07 Å². The molecule has 0 radical (unpaired) electrons. The molecule has 0 fully saturated rings. The maximum atomic E-state index is 10.5. The summed E-state index contributed by atoms with van der Waals surface area (Å²) in [7, 11) is 0. The number of nitrogens with two attached hydrogens (primary N) is 1. The number of benzene rings is 1. The molecule has 0 atom stereocenters. The lowest BCUT2D eigenvalue weighted by Crippen LogP contribution is -1.87. The molecule has 1 aromatic carbocycles. The highest BCUT2D eigenvalue weighted by Crippen LogP contribution is 2.26. The number of rotatable bonds is 2. The minimum absolute atomic E-state index is 0.326. The molecule has 1 aromatic heterocycles. The molecule has 0 bridgehead atoms. The van der Waals surface area contributed by atoms with E-state index in [-0.39, 0.29) is 0 Å². The fourth-order valence-corrected chi connectivity index (χ4v) is 1.47. The van der Waals surface area contributed by atoms with Gasteiger partial charge in [-0.3, -0.25) is 4.79 Å². The van der Waals surface area contributed by atoms with Crippen molar-refractivity contribution in [3.05, 3.63) is 41.7 Å². The Balaban J connectivity index is 2.52. The van der Waals surface area contributed by atoms with Crippen molar-refractivity contribution in [2.45, 2.75) is 6.92 Å². The SMILES string of the molecule is Cc1ccc(N)cc1-c1ccc(C=O)o1. The van der Waals surface area contributed by atoms with Gasteiger partial charge in [0.05, 0.1) is 0 Å². The summed E-state index contributed by atoms with van der Waals surface area (Å²) >= 11 is 0. The Labute approximate surface area is 87.5 Å². The summed E-state index contributed by atoms with van der Waals surface area (Å²) in [6, 6.07) is 9.01. The van der Waals surface area contributed by atoms with Crippen molar-refractivity contribution in [1.29, 1.82) is 0 Å². The molecule has 0 amide bonds. The Morgan fingerprint density at radius 1 is 1.27 bits per heavy atom. The molecule has 3 heteroatoms. The second-order valence-electron chi connectivity index (χ2n) is 3.39. The Kier molecular flexibility index (Phi) is 2.29. The lowest BCUT2D eigenvalue weighted by molar-refractivity contribution is 0.110. The third kappa shape index (κ3) is 1.76. The summed E-state index contributed by atoms with van der Waals surface area (Å²) in [5, 5.41) is 0. The third-order valence-corrected chi connectivity index (χ3v) is 2.27. The largest absolute Gasteiger partial charge is 0.453 e. The standard InChI is InChI=1S/C12H11NO2/c1-8-2-3-9(13)6-11(8)12-5-4-10(7-14)15-12/h2-7H,13H2,1H3. The summed E-state index contributed by atoms with van der Waals surface area (Å²) in [5.41, 5.74) is 8.36. The zero-order chi connectivity index (χ0) is 10.8. The monoisotopic (exact) mass is 201 g/mol. The number of carbonyl (C=O) groups excluding carboxylic acids is 1. The van der Waals surface area contributed by atoms with E-state index in [4.69, 9.17) is 10.2 Å². The maximum absolute atomic E-state index is 10.5. The number of hydrogen-bond acceptors (Lipinski definition) is 3. The lowest BCUT2D eigenvalue weighted by Gasteiger charge is -2.03. The van der Waals surface area contributed by atoms with Crippen LogP contribution in [0.1, 0.15) is 16.1 Å². The number of furan rings is 1. The van der Waals surface area contributed by atoms with Gasteiger partial charge in [-0.05, 0) is 36.8 Å². The number of nitrogen functional groups attached to an aromatic ring is 1. The Morgan fingerprint density at radius 2 is 2.07 bits per heavy atom. The molecule has 3 nitrogen and oxygen atoms in total. The van der Waals surface area contributed by atoms with Crippen LogP contribution in [0, 0.1) is 6.92 Å². The second kappa shape index (κ2) is 3.61. The van der Waals surface area contributed by atoms with Gasteiger partial charge in [0.25, 0.3) is 0 Å². The van der Waals surface area contributed by atoms with Crippen LogP contribution in [-0.4, -0.2) is 6.29 Å². The lowest BCUT2D eigenvalue weighted by atomic mass is 10.1. The van der Waals surface area contributed by atoms with E-state index in [2.05, 4.69) is 0 Å². The molecule has 2 rings (SSSR count). The Hall–Kier alpha value is -2.03. The number of aryl methyl sites for hydroxylation is 1. The smallest absolute Gasteiger partial charge is 0.185 e. The van der Waals surface area contributed by atoms with Gasteiger partial charge in [0.15, 0.2) is 12.0 Å². The van der Waals surface area contributed by atoms with Crippen LogP contribution >= 0.6 is 0 Å². The summed E-state index contributed by atoms with van der Waals surface area (Å²) in [5.74, 6) is 0.994. The molecule has 76 valence electrons. The van der Waals surface area contributed by atoms with Crippen LogP contribution in [0.4, 0.5) is 5.69 Å². The average Bonchev–Trinajstić information content (AvgIpc) is 2.70. The van der Waals surface area contributed by atoms with E-state index in [0.717, 1.165) is 11.1 Å². The quantitative estimate of drug-likeness (QED) is 0.600. The van der Waals surface area contributed by atoms with Crippen LogP contribution < -0.4 is 5.73 Å². The van der Waals surface area contributed by atoms with Crippen LogP contribution in [0.3, 0.4) is 0 Å². The van der Waals surface area contributed by atoms with Crippen LogP contribution in [0.15, 0.2) is 34.7 Å². The average molecular weight is 201 g/mol. The topological polar surface area (TPSA) is 56.2 Å². The zero-order valence-electron chi connectivity index (χ0n) is 8.36. The van der Waals surface area contributed by atoms with Gasteiger partial charge < -0.3 is 10.2 Å². The highest BCUT2D eigenvalue weighted by molar-refractivity contribution is 5.74. The van der Waals surface area contributed by atoms with Gasteiger partial charge in [0, 0.05) is 11.3 Å². The van der Waals surface area contributed by atoms with Crippen LogP contribution in [0.2, 0.25) is 0 Å². The minimum atomic E-state index is 0.326. The summed E-state index contributed by atoms with van der Waals surface area (Å²) in [4.78, 5) is 10.5. The Bertz CT molecular complexity index is 500. The molecule has 2 N–H and O–H groups in total. The number of anilines is 1. The first-order chi connectivity index (χ1) is 7.20. The first-order valence-electron chi connectivity index (χ1n) is 4.62. The molecule has 0 unspecified atom stereocenters. The second-order valence-corrected chi connectivity index (χ2v) is 3.39. The van der Waals surface area contributed by atoms with E-state index in [1.807, 2.05) is 25.1 Å². The summed E-state index contributed by atoms with van der Waals surface area (Å²) in [6.07, 6.45) is 0.686. The molecular formula is C12H11NO2. The van der Waals surface area contributed by atoms with Gasteiger partial charge in [0.2, 0.25) is 0 Å². The van der Waals surface area contributed by atoms with E-state index in [9.17, 15) is 4.79 Å². The van der Waals surface area contributed by atoms with Crippen molar-refractivity contribution < 1.29 is 9.21 Å². The van der Waals surface area contributed by atoms with Gasteiger partial charge in [0.1, 0.15) is 5.76 Å². The number of hydrogen-bond donors (Lipinski definition) is 1. The van der Waals surface area contributed by atoms with E-state index in [1.165, 1.54) is 0 Å². The molecule has 0 saturated heterocycles. The van der Waals surface area contributed by atoms with Gasteiger partial charge in [-0.15, -0.1) is 0 Å². The number of aldehydes is 1. The molecule has 15 heavy (non-hydrogen) atoms. The van der Waals surface area contributed by atoms with Crippen molar-refractivity contribution in [1.82, 2.24) is 0 Å². The highest BCUT2D eigenvalue weighted by atomic mass is 16.3. The first kappa shape index (κ1) is 9.52. The van der Waals surface area contributed by atoms with E-state index >= 15 is 0 Å². The molecular weight excluding hydrogens is 190 g/mol. The summed E-state index contributed by atoms with van der Waals surface area (Å²) in [6.45, 7) is 1.97. The van der Waals surface area contributed by atoms with Crippen molar-refractivity contribution in [2.75, 3.05) is 5.73 Å². The van der Waals surface area contributed by atoms with Gasteiger partial charge in [-0.25, -0.2) is 0 Å². The Morgan fingerprint density at radius 3 is 2.73 bits per heavy atom. The number of carbonyl (C=O) groups is 1. The molecule has 0 aliphatic rings. The normalized spacial score (nSPS) is 10.2. The molecule has 0 saturated carbocycles.